The van der Waals surface area contributed by atoms with Crippen LogP contribution in [0, 0.1) is 12.7 Å². The van der Waals surface area contributed by atoms with Crippen molar-refractivity contribution in [1.82, 2.24) is 5.32 Å². The van der Waals surface area contributed by atoms with Crippen molar-refractivity contribution in [2.45, 2.75) is 19.2 Å². The molecular weight excluding hydrogens is 489 g/mol. The van der Waals surface area contributed by atoms with E-state index in [0.717, 1.165) is 20.6 Å². The van der Waals surface area contributed by atoms with Gasteiger partial charge in [-0.1, -0.05) is 11.8 Å². The van der Waals surface area contributed by atoms with E-state index in [1.165, 1.54) is 13.2 Å². The Morgan fingerprint density at radius 2 is 1.97 bits per heavy atom. The van der Waals surface area contributed by atoms with Crippen molar-refractivity contribution in [3.05, 3.63) is 57.2 Å². The van der Waals surface area contributed by atoms with E-state index in [2.05, 4.69) is 21.2 Å². The molecule has 0 spiro atoms. The summed E-state index contributed by atoms with van der Waals surface area (Å²) in [7, 11) is 1.44. The average molecular weight is 512 g/mol. The van der Waals surface area contributed by atoms with Gasteiger partial charge in [0.25, 0.3) is 0 Å². The number of methoxy groups -OCH3 is 1. The maximum absolute atomic E-state index is 14.0. The maximum atomic E-state index is 14.0. The lowest BCUT2D eigenvalue weighted by atomic mass is 10.1. The molecule has 166 valence electrons. The molecule has 0 fully saturated rings. The molecule has 2 aromatic rings. The first-order chi connectivity index (χ1) is 14.9. The van der Waals surface area contributed by atoms with Gasteiger partial charge in [0.1, 0.15) is 23.5 Å². The van der Waals surface area contributed by atoms with Crippen LogP contribution in [0.15, 0.2) is 40.2 Å². The van der Waals surface area contributed by atoms with Crippen molar-refractivity contribution in [3.63, 3.8) is 0 Å². The molecule has 6 nitrogen and oxygen atoms in total. The summed E-state index contributed by atoms with van der Waals surface area (Å²) >= 11 is 5.10. The monoisotopic (exact) mass is 511 g/mol. The van der Waals surface area contributed by atoms with Gasteiger partial charge < -0.3 is 24.3 Å². The average Bonchev–Trinajstić information content (AvgIpc) is 3.12. The topological polar surface area (TPSA) is 66.0 Å². The van der Waals surface area contributed by atoms with Gasteiger partial charge in [-0.15, -0.1) is 0 Å². The molecule has 1 aliphatic rings. The summed E-state index contributed by atoms with van der Waals surface area (Å²) in [4.78, 5) is 11.4. The highest BCUT2D eigenvalue weighted by Crippen LogP contribution is 2.40. The van der Waals surface area contributed by atoms with Gasteiger partial charge in [0, 0.05) is 5.56 Å². The van der Waals surface area contributed by atoms with Crippen LogP contribution in [-0.2, 0) is 9.53 Å². The third kappa shape index (κ3) is 6.07. The Balaban J connectivity index is 1.55. The summed E-state index contributed by atoms with van der Waals surface area (Å²) in [5.74, 6) is 0.665. The molecule has 1 unspecified atom stereocenters. The van der Waals surface area contributed by atoms with Gasteiger partial charge >= 0.3 is 5.97 Å². The number of hydrogen-bond donors (Lipinski definition) is 1. The molecule has 0 saturated carbocycles. The predicted octanol–water partition coefficient (Wildman–Crippen LogP) is 4.85. The zero-order chi connectivity index (χ0) is 22.4. The van der Waals surface area contributed by atoms with Crippen LogP contribution in [0.1, 0.15) is 18.1 Å². The van der Waals surface area contributed by atoms with Gasteiger partial charge in [0.15, 0.2) is 18.2 Å². The minimum atomic E-state index is -0.417. The van der Waals surface area contributed by atoms with Gasteiger partial charge in [0.2, 0.25) is 0 Å². The summed E-state index contributed by atoms with van der Waals surface area (Å²) in [5.41, 5.74) is 2.38. The number of thioether (sulfide) groups is 1. The second kappa shape index (κ2) is 10.8. The van der Waals surface area contributed by atoms with E-state index in [1.807, 2.05) is 13.0 Å². The predicted molar refractivity (Wildman–Crippen MR) is 122 cm³/mol. The van der Waals surface area contributed by atoms with E-state index in [4.69, 9.17) is 18.9 Å². The van der Waals surface area contributed by atoms with E-state index in [0.29, 0.717) is 24.7 Å². The molecule has 0 bridgehead atoms. The fourth-order valence-electron chi connectivity index (χ4n) is 2.91. The molecule has 1 atom stereocenters. The fraction of sp³-hybridized carbons (Fsp3) is 0.318. The largest absolute Gasteiger partial charge is 0.494 e. The first-order valence-electron chi connectivity index (χ1n) is 9.60. The number of ether oxygens (including phenoxy) is 4. The summed E-state index contributed by atoms with van der Waals surface area (Å²) in [6, 6.07) is 10.2. The molecule has 0 radical (unpaired) electrons. The van der Waals surface area contributed by atoms with Crippen LogP contribution in [0.5, 0.6) is 17.2 Å². The molecule has 0 aliphatic carbocycles. The highest BCUT2D eigenvalue weighted by atomic mass is 79.9. The van der Waals surface area contributed by atoms with Crippen LogP contribution in [0.25, 0.3) is 5.70 Å². The highest BCUT2D eigenvalue weighted by molar-refractivity contribution is 9.14. The Bertz CT molecular complexity index is 984. The first kappa shape index (κ1) is 23.3. The molecule has 31 heavy (non-hydrogen) atoms. The van der Waals surface area contributed by atoms with Crippen molar-refractivity contribution in [3.8, 4) is 17.2 Å². The van der Waals surface area contributed by atoms with Crippen LogP contribution in [0.4, 0.5) is 4.39 Å². The Labute approximate surface area is 193 Å². The lowest BCUT2D eigenvalue weighted by Gasteiger charge is -2.15. The normalized spacial score (nSPS) is 15.5. The zero-order valence-electron chi connectivity index (χ0n) is 17.4. The number of esters is 1. The molecular formula is C22H23BrFNO5S. The Morgan fingerprint density at radius 3 is 2.65 bits per heavy atom. The minimum Gasteiger partial charge on any atom is -0.494 e. The lowest BCUT2D eigenvalue weighted by molar-refractivity contribution is -0.145. The number of carbonyl (C=O) groups is 1. The maximum Gasteiger partial charge on any atom is 0.344 e. The van der Waals surface area contributed by atoms with Gasteiger partial charge in [-0.2, -0.15) is 0 Å². The third-order valence-corrected chi connectivity index (χ3v) is 6.29. The van der Waals surface area contributed by atoms with Crippen molar-refractivity contribution in [1.29, 1.82) is 0 Å². The van der Waals surface area contributed by atoms with E-state index >= 15 is 0 Å². The molecule has 1 N–H and O–H groups in total. The van der Waals surface area contributed by atoms with Crippen molar-refractivity contribution < 1.29 is 28.1 Å². The molecule has 3 rings (SSSR count). The van der Waals surface area contributed by atoms with E-state index in [-0.39, 0.29) is 17.7 Å². The molecule has 1 aliphatic heterocycles. The van der Waals surface area contributed by atoms with Gasteiger partial charge in [-0.3, -0.25) is 0 Å². The van der Waals surface area contributed by atoms with Crippen LogP contribution in [0.3, 0.4) is 0 Å². The second-order valence-electron chi connectivity index (χ2n) is 6.58. The smallest absolute Gasteiger partial charge is 0.344 e. The van der Waals surface area contributed by atoms with Crippen molar-refractivity contribution in [2.24, 2.45) is 0 Å². The standard InChI is InChI=1S/C22H23BrFNO5S/c1-4-28-20(26)12-30-17-8-6-15(9-13(17)2)29-11-19-25-21(22(23)31-19)14-5-7-18(27-3)16(24)10-14/h5-10,19,25H,4,11-12H2,1-3H3. The van der Waals surface area contributed by atoms with Crippen molar-refractivity contribution in [2.75, 3.05) is 26.9 Å². The molecule has 1 heterocycles. The van der Waals surface area contributed by atoms with Crippen LogP contribution >= 0.6 is 27.7 Å². The van der Waals surface area contributed by atoms with Gasteiger partial charge in [-0.25, -0.2) is 9.18 Å². The number of nitrogens with one attached hydrogen (secondary N) is 1. The summed E-state index contributed by atoms with van der Waals surface area (Å²) in [6.45, 7) is 4.21. The fourth-order valence-corrected chi connectivity index (χ4v) is 4.79. The summed E-state index contributed by atoms with van der Waals surface area (Å²) in [6.07, 6.45) is 0. The van der Waals surface area contributed by atoms with Gasteiger partial charge in [0.05, 0.1) is 23.2 Å². The summed E-state index contributed by atoms with van der Waals surface area (Å²) in [5, 5.41) is 3.30. The number of carbonyl (C=O) groups excluding carboxylic acids is 1. The van der Waals surface area contributed by atoms with Crippen LogP contribution in [-0.4, -0.2) is 38.3 Å². The van der Waals surface area contributed by atoms with E-state index in [1.54, 1.807) is 43.0 Å². The molecule has 0 aromatic heterocycles. The minimum absolute atomic E-state index is 0.0467. The quantitative estimate of drug-likeness (QED) is 0.482. The summed E-state index contributed by atoms with van der Waals surface area (Å²) < 4.78 is 36.2. The number of rotatable bonds is 9. The number of benzene rings is 2. The third-order valence-electron chi connectivity index (χ3n) is 4.39. The number of aryl methyl sites for hydroxylation is 1. The second-order valence-corrected chi connectivity index (χ2v) is 9.11. The SMILES string of the molecule is CCOC(=O)COc1ccc(OCC2NC(c3ccc(OC)c(F)c3)=C(Br)S2)cc1C. The molecule has 2 aromatic carbocycles. The van der Waals surface area contributed by atoms with Gasteiger partial charge in [-0.05, 0) is 71.7 Å². The molecule has 0 saturated heterocycles. The Hall–Kier alpha value is -2.39. The van der Waals surface area contributed by atoms with Crippen molar-refractivity contribution >= 4 is 39.4 Å². The molecule has 0 amide bonds. The zero-order valence-corrected chi connectivity index (χ0v) is 19.8. The Morgan fingerprint density at radius 1 is 1.19 bits per heavy atom. The number of hydrogen-bond acceptors (Lipinski definition) is 7. The van der Waals surface area contributed by atoms with Crippen LogP contribution < -0.4 is 19.5 Å². The highest BCUT2D eigenvalue weighted by Gasteiger charge is 2.25. The first-order valence-corrected chi connectivity index (χ1v) is 11.3. The lowest BCUT2D eigenvalue weighted by Crippen LogP contribution is -2.26. The van der Waals surface area contributed by atoms with E-state index < -0.39 is 11.8 Å². The number of halogens is 2. The van der Waals surface area contributed by atoms with Crippen LogP contribution in [0.2, 0.25) is 0 Å². The van der Waals surface area contributed by atoms with E-state index in [9.17, 15) is 9.18 Å². The molecule has 9 heteroatoms. The Kier molecular flexibility index (Phi) is 8.09.